The van der Waals surface area contributed by atoms with Crippen molar-refractivity contribution in [2.24, 2.45) is 5.92 Å². The molecule has 1 aliphatic rings. The molecule has 0 amide bonds. The van der Waals surface area contributed by atoms with Crippen LogP contribution in [0.25, 0.3) is 11.1 Å². The number of nitriles is 6. The van der Waals surface area contributed by atoms with Crippen LogP contribution in [-0.2, 0) is 0 Å². The Morgan fingerprint density at radius 1 is 0.417 bits per heavy atom. The van der Waals surface area contributed by atoms with Crippen molar-refractivity contribution < 1.29 is 52.7 Å². The van der Waals surface area contributed by atoms with Crippen LogP contribution in [0.3, 0.4) is 0 Å². The van der Waals surface area contributed by atoms with Gasteiger partial charge in [-0.05, 0) is 11.1 Å². The van der Waals surface area contributed by atoms with Crippen molar-refractivity contribution >= 4 is 11.1 Å². The number of halogens is 12. The molecule has 0 aliphatic heterocycles. The zero-order valence-corrected chi connectivity index (χ0v) is 22.4. The summed E-state index contributed by atoms with van der Waals surface area (Å²) in [6, 6.07) is 5.38. The number of allylic oxidation sites excluding steroid dienone is 4. The summed E-state index contributed by atoms with van der Waals surface area (Å²) in [5, 5.41) is 56.0. The van der Waals surface area contributed by atoms with Crippen molar-refractivity contribution in [1.82, 2.24) is 0 Å². The maximum Gasteiger partial charge on any atom is 0.180 e. The lowest BCUT2D eigenvalue weighted by Crippen LogP contribution is -2.12. The van der Waals surface area contributed by atoms with Crippen LogP contribution in [0.4, 0.5) is 52.7 Å². The van der Waals surface area contributed by atoms with Crippen molar-refractivity contribution in [3.8, 4) is 36.4 Å². The fourth-order valence-electron chi connectivity index (χ4n) is 4.88. The first-order valence-electron chi connectivity index (χ1n) is 12.1. The topological polar surface area (TPSA) is 143 Å². The van der Waals surface area contributed by atoms with Crippen molar-refractivity contribution in [1.29, 1.82) is 31.6 Å². The highest BCUT2D eigenvalue weighted by Gasteiger charge is 2.53. The van der Waals surface area contributed by atoms with Crippen LogP contribution >= 0.6 is 0 Å². The van der Waals surface area contributed by atoms with Crippen molar-refractivity contribution in [3.63, 3.8) is 0 Å². The van der Waals surface area contributed by atoms with Gasteiger partial charge in [0.05, 0.1) is 34.3 Å². The molecule has 3 aromatic rings. The Labute approximate surface area is 258 Å². The lowest BCUT2D eigenvalue weighted by molar-refractivity contribution is 0.429. The molecule has 1 unspecified atom stereocenters. The summed E-state index contributed by atoms with van der Waals surface area (Å²) in [5.41, 5.74) is -17.7. The van der Waals surface area contributed by atoms with Crippen LogP contribution in [0.5, 0.6) is 0 Å². The molecule has 0 spiro atoms. The summed E-state index contributed by atoms with van der Waals surface area (Å²) >= 11 is 0. The van der Waals surface area contributed by atoms with Crippen LogP contribution in [0.2, 0.25) is 0 Å². The van der Waals surface area contributed by atoms with Crippen LogP contribution < -0.4 is 0 Å². The van der Waals surface area contributed by atoms with E-state index < -0.39 is 137 Å². The molecule has 0 N–H and O–H groups in total. The van der Waals surface area contributed by atoms with Crippen LogP contribution in [0.1, 0.15) is 39.3 Å². The molecular formula is C30H2F12N6. The zero-order valence-electron chi connectivity index (χ0n) is 22.4. The molecule has 4 rings (SSSR count). The summed E-state index contributed by atoms with van der Waals surface area (Å²) in [7, 11) is 0. The molecule has 1 fully saturated rings. The molecule has 1 saturated carbocycles. The van der Waals surface area contributed by atoms with E-state index in [1.165, 1.54) is 0 Å². The number of benzene rings is 3. The van der Waals surface area contributed by atoms with Crippen LogP contribution in [0.15, 0.2) is 11.1 Å². The van der Waals surface area contributed by atoms with Gasteiger partial charge in [0.15, 0.2) is 69.8 Å². The number of hydrogen-bond acceptors (Lipinski definition) is 6. The second kappa shape index (κ2) is 12.2. The van der Waals surface area contributed by atoms with Gasteiger partial charge < -0.3 is 0 Å². The van der Waals surface area contributed by atoms with E-state index in [0.29, 0.717) is 0 Å². The molecule has 0 aromatic heterocycles. The van der Waals surface area contributed by atoms with E-state index in [1.54, 1.807) is 0 Å². The van der Waals surface area contributed by atoms with Gasteiger partial charge in [-0.2, -0.15) is 31.6 Å². The minimum Gasteiger partial charge on any atom is -0.203 e. The van der Waals surface area contributed by atoms with Gasteiger partial charge in [-0.15, -0.1) is 0 Å². The van der Waals surface area contributed by atoms with Gasteiger partial charge >= 0.3 is 0 Å². The van der Waals surface area contributed by atoms with E-state index in [4.69, 9.17) is 15.8 Å². The predicted molar refractivity (Wildman–Crippen MR) is 130 cm³/mol. The maximum absolute atomic E-state index is 15.1. The molecule has 1 atom stereocenters. The summed E-state index contributed by atoms with van der Waals surface area (Å²) < 4.78 is 177. The minimum absolute atomic E-state index is 0.775. The smallest absolute Gasteiger partial charge is 0.180 e. The first kappa shape index (κ1) is 34.1. The lowest BCUT2D eigenvalue weighted by Gasteiger charge is -2.13. The zero-order chi connectivity index (χ0) is 36.1. The van der Waals surface area contributed by atoms with Crippen molar-refractivity contribution in [3.05, 3.63) is 114 Å². The fourth-order valence-corrected chi connectivity index (χ4v) is 4.88. The molecule has 0 radical (unpaired) electrons. The molecule has 0 bridgehead atoms. The third kappa shape index (κ3) is 4.64. The molecule has 1 aliphatic carbocycles. The summed E-state index contributed by atoms with van der Waals surface area (Å²) in [4.78, 5) is 0. The molecule has 18 heteroatoms. The largest absolute Gasteiger partial charge is 0.203 e. The van der Waals surface area contributed by atoms with Gasteiger partial charge in [0.25, 0.3) is 0 Å². The Morgan fingerprint density at radius 3 is 0.917 bits per heavy atom. The Balaban J connectivity index is 2.27. The van der Waals surface area contributed by atoms with E-state index in [-0.39, 0.29) is 0 Å². The number of nitrogens with zero attached hydrogens (tertiary/aromatic N) is 6. The third-order valence-electron chi connectivity index (χ3n) is 7.03. The number of hydrogen-bond donors (Lipinski definition) is 0. The standard InChI is InChI=1S/C30H2F12N6/c31-19-10(4-46)20(32)26(38)16(25(19)37)7(1-43)13-14(8(2-44)17-27(39)21(33)11(5-47)22(34)28(17)40)15(13)9(3-45)18-29(41)23(35)12(6-48)24(36)30(18)42/h7,13H. The Bertz CT molecular complexity index is 2150. The Kier molecular flexibility index (Phi) is 8.68. The SMILES string of the molecule is N#CC(=C1C(=C(C#N)c2c(F)c(F)c(C#N)c(F)c2F)C1C(C#N)c1c(F)c(F)c(C#N)c(F)c1F)c1c(F)c(F)c(C#N)c(F)c1F. The Morgan fingerprint density at radius 2 is 0.688 bits per heavy atom. The highest BCUT2D eigenvalue weighted by Crippen LogP contribution is 2.60. The molecule has 0 heterocycles. The van der Waals surface area contributed by atoms with Crippen LogP contribution in [0, 0.1) is 144 Å². The Hall–Kier alpha value is -6.76. The highest BCUT2D eigenvalue weighted by atomic mass is 19.2. The highest BCUT2D eigenvalue weighted by molar-refractivity contribution is 5.98. The quantitative estimate of drug-likeness (QED) is 0.163. The van der Waals surface area contributed by atoms with Crippen LogP contribution in [-0.4, -0.2) is 0 Å². The summed E-state index contributed by atoms with van der Waals surface area (Å²) in [6.45, 7) is 0. The molecular weight excluding hydrogens is 672 g/mol. The van der Waals surface area contributed by atoms with E-state index in [0.717, 1.165) is 36.4 Å². The molecule has 236 valence electrons. The van der Waals surface area contributed by atoms with Gasteiger partial charge in [-0.1, -0.05) is 0 Å². The maximum atomic E-state index is 15.1. The molecule has 6 nitrogen and oxygen atoms in total. The number of rotatable bonds is 4. The monoisotopic (exact) mass is 674 g/mol. The van der Waals surface area contributed by atoms with Gasteiger partial charge in [0, 0.05) is 11.5 Å². The second-order valence-electron chi connectivity index (χ2n) is 9.28. The van der Waals surface area contributed by atoms with E-state index >= 15 is 26.3 Å². The molecule has 3 aromatic carbocycles. The minimum atomic E-state index is -2.84. The second-order valence-corrected chi connectivity index (χ2v) is 9.28. The molecule has 0 saturated heterocycles. The summed E-state index contributed by atoms with van der Waals surface area (Å²) in [5.74, 6) is -34.9. The van der Waals surface area contributed by atoms with Gasteiger partial charge in [-0.3, -0.25) is 0 Å². The first-order chi connectivity index (χ1) is 22.6. The van der Waals surface area contributed by atoms with Crippen molar-refractivity contribution in [2.75, 3.05) is 0 Å². The van der Waals surface area contributed by atoms with Gasteiger partial charge in [0.1, 0.15) is 47.0 Å². The lowest BCUT2D eigenvalue weighted by atomic mass is 9.90. The predicted octanol–water partition coefficient (Wildman–Crippen LogP) is 7.16. The van der Waals surface area contributed by atoms with Crippen molar-refractivity contribution in [2.45, 2.75) is 5.92 Å². The third-order valence-corrected chi connectivity index (χ3v) is 7.03. The van der Waals surface area contributed by atoms with Gasteiger partial charge in [0.2, 0.25) is 0 Å². The van der Waals surface area contributed by atoms with E-state index in [9.17, 15) is 42.1 Å². The fraction of sp³-hybridized carbons (Fsp3) is 0.0667. The van der Waals surface area contributed by atoms with E-state index in [1.807, 2.05) is 0 Å². The van der Waals surface area contributed by atoms with E-state index in [2.05, 4.69) is 0 Å². The molecule has 48 heavy (non-hydrogen) atoms. The average molecular weight is 674 g/mol. The summed E-state index contributed by atoms with van der Waals surface area (Å²) in [6.07, 6.45) is 0. The average Bonchev–Trinajstić information content (AvgIpc) is 3.78. The first-order valence-corrected chi connectivity index (χ1v) is 12.1. The van der Waals surface area contributed by atoms with Gasteiger partial charge in [-0.25, -0.2) is 52.7 Å². The normalized spacial score (nSPS) is 16.0.